The minimum atomic E-state index is -3.99. The molecule has 1 N–H and O–H groups in total. The van der Waals surface area contributed by atoms with Crippen LogP contribution in [-0.4, -0.2) is 64.4 Å². The van der Waals surface area contributed by atoms with Crippen LogP contribution in [0.2, 0.25) is 0 Å². The van der Waals surface area contributed by atoms with Crippen molar-refractivity contribution in [1.29, 1.82) is 0 Å². The average molecular weight is 464 g/mol. The summed E-state index contributed by atoms with van der Waals surface area (Å²) >= 11 is 0. The number of carbonyl (C=O) groups excluding carboxylic acids is 1. The largest absolute Gasteiger partial charge is 0.497 e. The van der Waals surface area contributed by atoms with Gasteiger partial charge in [0.25, 0.3) is 5.91 Å². The third-order valence-electron chi connectivity index (χ3n) is 5.68. The van der Waals surface area contributed by atoms with Crippen molar-refractivity contribution < 1.29 is 22.3 Å². The number of amides is 1. The van der Waals surface area contributed by atoms with E-state index < -0.39 is 26.6 Å². The summed E-state index contributed by atoms with van der Waals surface area (Å²) in [4.78, 5) is 14.3. The zero-order valence-electron chi connectivity index (χ0n) is 18.7. The zero-order chi connectivity index (χ0) is 23.3. The van der Waals surface area contributed by atoms with Gasteiger partial charge in [-0.2, -0.15) is 4.31 Å². The molecule has 0 aliphatic carbocycles. The van der Waals surface area contributed by atoms with E-state index in [4.69, 9.17) is 4.74 Å². The number of methoxy groups -OCH3 is 1. The smallest absolute Gasteiger partial charge is 0.251 e. The first kappa shape index (κ1) is 24.2. The molecule has 174 valence electrons. The standard InChI is InChI=1S/C23H30FN3O4S/c1-26(2)21(17-8-7-9-19(14-17)31-3)16-25-23(28)18-10-11-20(24)22(15-18)32(29,30)27-12-5-4-6-13-27/h7-11,14-15,21H,4-6,12-13,16H2,1-3H3,(H,25,28). The fourth-order valence-electron chi connectivity index (χ4n) is 3.83. The lowest BCUT2D eigenvalue weighted by Gasteiger charge is -2.26. The molecule has 2 aromatic carbocycles. The van der Waals surface area contributed by atoms with Crippen molar-refractivity contribution in [3.8, 4) is 5.75 Å². The summed E-state index contributed by atoms with van der Waals surface area (Å²) in [6, 6.07) is 10.9. The molecule has 0 spiro atoms. The Morgan fingerprint density at radius 2 is 1.88 bits per heavy atom. The number of sulfonamides is 1. The summed E-state index contributed by atoms with van der Waals surface area (Å²) in [5.41, 5.74) is 1.06. The van der Waals surface area contributed by atoms with Crippen LogP contribution in [0.4, 0.5) is 4.39 Å². The number of halogens is 1. The summed E-state index contributed by atoms with van der Waals surface area (Å²) in [5, 5.41) is 2.84. The number of nitrogens with zero attached hydrogens (tertiary/aromatic N) is 2. The van der Waals surface area contributed by atoms with E-state index in [-0.39, 0.29) is 18.2 Å². The van der Waals surface area contributed by atoms with Gasteiger partial charge in [-0.15, -0.1) is 0 Å². The Balaban J connectivity index is 1.78. The predicted molar refractivity (Wildman–Crippen MR) is 121 cm³/mol. The molecule has 1 aliphatic rings. The number of likely N-dealkylation sites (N-methyl/N-ethyl adjacent to an activating group) is 1. The minimum absolute atomic E-state index is 0.102. The van der Waals surface area contributed by atoms with Gasteiger partial charge in [-0.3, -0.25) is 4.79 Å². The Labute approximate surface area is 189 Å². The van der Waals surface area contributed by atoms with E-state index in [2.05, 4.69) is 5.32 Å². The molecule has 0 radical (unpaired) electrons. The molecule has 1 fully saturated rings. The van der Waals surface area contributed by atoms with Gasteiger partial charge >= 0.3 is 0 Å². The fraction of sp³-hybridized carbons (Fsp3) is 0.435. The number of rotatable bonds is 8. The predicted octanol–water partition coefficient (Wildman–Crippen LogP) is 3.04. The van der Waals surface area contributed by atoms with E-state index in [1.54, 1.807) is 7.11 Å². The minimum Gasteiger partial charge on any atom is -0.497 e. The normalized spacial score (nSPS) is 16.0. The number of hydrogen-bond donors (Lipinski definition) is 1. The molecule has 32 heavy (non-hydrogen) atoms. The maximum atomic E-state index is 14.4. The first-order valence-corrected chi connectivity index (χ1v) is 12.1. The summed E-state index contributed by atoms with van der Waals surface area (Å²) in [7, 11) is 1.41. The quantitative estimate of drug-likeness (QED) is 0.651. The van der Waals surface area contributed by atoms with Gasteiger partial charge in [-0.25, -0.2) is 12.8 Å². The summed E-state index contributed by atoms with van der Waals surface area (Å²) in [6.07, 6.45) is 2.45. The summed E-state index contributed by atoms with van der Waals surface area (Å²) in [5.74, 6) is -0.601. The third kappa shape index (κ3) is 5.46. The molecular weight excluding hydrogens is 433 g/mol. The summed E-state index contributed by atoms with van der Waals surface area (Å²) in [6.45, 7) is 1.01. The molecule has 9 heteroatoms. The zero-order valence-corrected chi connectivity index (χ0v) is 19.5. The van der Waals surface area contributed by atoms with E-state index >= 15 is 0 Å². The Bertz CT molecular complexity index is 1050. The second-order valence-electron chi connectivity index (χ2n) is 8.08. The Morgan fingerprint density at radius 1 is 1.16 bits per heavy atom. The Kier molecular flexibility index (Phi) is 7.86. The number of piperidine rings is 1. The van der Waals surface area contributed by atoms with Gasteiger partial charge in [0.05, 0.1) is 13.2 Å². The highest BCUT2D eigenvalue weighted by Gasteiger charge is 2.29. The van der Waals surface area contributed by atoms with Crippen LogP contribution in [0.1, 0.15) is 41.2 Å². The first-order valence-electron chi connectivity index (χ1n) is 10.6. The molecule has 1 aliphatic heterocycles. The highest BCUT2D eigenvalue weighted by atomic mass is 32.2. The van der Waals surface area contributed by atoms with E-state index in [0.29, 0.717) is 18.8 Å². The topological polar surface area (TPSA) is 78.9 Å². The molecule has 1 unspecified atom stereocenters. The molecule has 2 aromatic rings. The van der Waals surface area contributed by atoms with E-state index in [0.717, 1.165) is 37.0 Å². The highest BCUT2D eigenvalue weighted by Crippen LogP contribution is 2.25. The lowest BCUT2D eigenvalue weighted by molar-refractivity contribution is 0.0941. The van der Waals surface area contributed by atoms with Gasteiger partial charge in [0.15, 0.2) is 0 Å². The molecule has 1 heterocycles. The first-order chi connectivity index (χ1) is 15.2. The van der Waals surface area contributed by atoms with Crippen LogP contribution in [0.15, 0.2) is 47.4 Å². The molecular formula is C23H30FN3O4S. The number of carbonyl (C=O) groups is 1. The fourth-order valence-corrected chi connectivity index (χ4v) is 5.43. The number of hydrogen-bond acceptors (Lipinski definition) is 5. The van der Waals surface area contributed by atoms with Crippen LogP contribution in [0.3, 0.4) is 0 Å². The van der Waals surface area contributed by atoms with Crippen molar-refractivity contribution >= 4 is 15.9 Å². The van der Waals surface area contributed by atoms with Gasteiger partial charge in [0.1, 0.15) is 16.5 Å². The molecule has 0 aromatic heterocycles. The van der Waals surface area contributed by atoms with Crippen LogP contribution in [0.5, 0.6) is 5.75 Å². The van der Waals surface area contributed by atoms with Crippen molar-refractivity contribution in [2.75, 3.05) is 40.8 Å². The molecule has 0 saturated carbocycles. The molecule has 1 atom stereocenters. The van der Waals surface area contributed by atoms with Crippen molar-refractivity contribution in [1.82, 2.24) is 14.5 Å². The van der Waals surface area contributed by atoms with Crippen LogP contribution in [-0.2, 0) is 10.0 Å². The van der Waals surface area contributed by atoms with E-state index in [1.165, 1.54) is 10.4 Å². The third-order valence-corrected chi connectivity index (χ3v) is 7.60. The van der Waals surface area contributed by atoms with Crippen LogP contribution < -0.4 is 10.1 Å². The number of nitrogens with one attached hydrogen (secondary N) is 1. The van der Waals surface area contributed by atoms with Gasteiger partial charge in [0.2, 0.25) is 10.0 Å². The van der Waals surface area contributed by atoms with Crippen molar-refractivity contribution in [2.45, 2.75) is 30.2 Å². The van der Waals surface area contributed by atoms with Gasteiger partial charge in [-0.05, 0) is 62.8 Å². The maximum Gasteiger partial charge on any atom is 0.251 e. The van der Waals surface area contributed by atoms with Crippen molar-refractivity contribution in [3.63, 3.8) is 0 Å². The summed E-state index contributed by atoms with van der Waals surface area (Å²) < 4.78 is 46.9. The molecule has 3 rings (SSSR count). The maximum absolute atomic E-state index is 14.4. The lowest BCUT2D eigenvalue weighted by atomic mass is 10.1. The van der Waals surface area contributed by atoms with Gasteiger partial charge < -0.3 is 15.0 Å². The SMILES string of the molecule is COc1cccc(C(CNC(=O)c2ccc(F)c(S(=O)(=O)N3CCCCC3)c2)N(C)C)c1. The number of ether oxygens (including phenoxy) is 1. The van der Waals surface area contributed by atoms with Crippen molar-refractivity contribution in [2.24, 2.45) is 0 Å². The van der Waals surface area contributed by atoms with E-state index in [9.17, 15) is 17.6 Å². The second-order valence-corrected chi connectivity index (χ2v) is 9.98. The Hall–Kier alpha value is -2.49. The average Bonchev–Trinajstić information content (AvgIpc) is 2.79. The molecule has 7 nitrogen and oxygen atoms in total. The van der Waals surface area contributed by atoms with E-state index in [1.807, 2.05) is 43.3 Å². The Morgan fingerprint density at radius 3 is 2.53 bits per heavy atom. The monoisotopic (exact) mass is 463 g/mol. The molecule has 0 bridgehead atoms. The lowest BCUT2D eigenvalue weighted by Crippen LogP contribution is -2.36. The van der Waals surface area contributed by atoms with Crippen LogP contribution >= 0.6 is 0 Å². The van der Waals surface area contributed by atoms with Crippen LogP contribution in [0, 0.1) is 5.82 Å². The highest BCUT2D eigenvalue weighted by molar-refractivity contribution is 7.89. The molecule has 1 saturated heterocycles. The van der Waals surface area contributed by atoms with Crippen molar-refractivity contribution in [3.05, 3.63) is 59.4 Å². The van der Waals surface area contributed by atoms with Gasteiger partial charge in [-0.1, -0.05) is 18.6 Å². The van der Waals surface area contributed by atoms with Gasteiger partial charge in [0, 0.05) is 25.2 Å². The van der Waals surface area contributed by atoms with Crippen LogP contribution in [0.25, 0.3) is 0 Å². The second kappa shape index (κ2) is 10.4. The molecule has 1 amide bonds. The number of benzene rings is 2.